The molecule has 120 valence electrons. The Balaban J connectivity index is 1.96. The van der Waals surface area contributed by atoms with Crippen LogP contribution in [0.4, 0.5) is 5.69 Å². The Bertz CT molecular complexity index is 742. The second-order valence-corrected chi connectivity index (χ2v) is 6.76. The highest BCUT2D eigenvalue weighted by molar-refractivity contribution is 7.85. The van der Waals surface area contributed by atoms with Crippen molar-refractivity contribution in [3.05, 3.63) is 54.1 Å². The van der Waals surface area contributed by atoms with Crippen LogP contribution >= 0.6 is 0 Å². The molecule has 1 amide bonds. The lowest BCUT2D eigenvalue weighted by molar-refractivity contribution is 0.0732. The van der Waals surface area contributed by atoms with E-state index in [1.54, 1.807) is 53.4 Å². The molecule has 5 nitrogen and oxygen atoms in total. The molecule has 1 aliphatic rings. The summed E-state index contributed by atoms with van der Waals surface area (Å²) >= 11 is 0. The number of nitrogens with two attached hydrogens (primary N) is 1. The Morgan fingerprint density at radius 2 is 1.61 bits per heavy atom. The number of nitrogens with zero attached hydrogens (tertiary/aromatic N) is 1. The molecule has 0 aliphatic carbocycles. The molecule has 2 aromatic rings. The van der Waals surface area contributed by atoms with Crippen LogP contribution < -0.4 is 11.1 Å². The van der Waals surface area contributed by atoms with E-state index in [1.165, 1.54) is 0 Å². The van der Waals surface area contributed by atoms with Gasteiger partial charge in [-0.25, -0.2) is 4.21 Å². The van der Waals surface area contributed by atoms with Gasteiger partial charge in [0, 0.05) is 31.9 Å². The van der Waals surface area contributed by atoms with Crippen LogP contribution in [0.15, 0.2) is 58.3 Å². The van der Waals surface area contributed by atoms with Crippen molar-refractivity contribution in [2.24, 2.45) is 0 Å². The zero-order valence-corrected chi connectivity index (χ0v) is 13.5. The highest BCUT2D eigenvalue weighted by Crippen LogP contribution is 2.25. The third-order valence-electron chi connectivity index (χ3n) is 3.84. The van der Waals surface area contributed by atoms with E-state index in [1.807, 2.05) is 0 Å². The number of hydrogen-bond acceptors (Lipinski definition) is 4. The lowest BCUT2D eigenvalue weighted by atomic mass is 10.2. The number of rotatable bonds is 3. The number of anilines is 1. The summed E-state index contributed by atoms with van der Waals surface area (Å²) in [6, 6.07) is 14.1. The first kappa shape index (κ1) is 15.7. The van der Waals surface area contributed by atoms with Crippen molar-refractivity contribution in [2.75, 3.05) is 31.9 Å². The van der Waals surface area contributed by atoms with Gasteiger partial charge in [0.2, 0.25) is 0 Å². The molecule has 0 saturated carbocycles. The molecule has 23 heavy (non-hydrogen) atoms. The summed E-state index contributed by atoms with van der Waals surface area (Å²) in [4.78, 5) is 15.6. The van der Waals surface area contributed by atoms with Gasteiger partial charge in [0.15, 0.2) is 0 Å². The average Bonchev–Trinajstić information content (AvgIpc) is 2.62. The normalized spacial score (nSPS) is 16.1. The second kappa shape index (κ2) is 6.93. The smallest absolute Gasteiger partial charge is 0.255 e. The van der Waals surface area contributed by atoms with Gasteiger partial charge in [-0.3, -0.25) is 4.79 Å². The maximum Gasteiger partial charge on any atom is 0.255 e. The van der Waals surface area contributed by atoms with Crippen molar-refractivity contribution in [2.45, 2.75) is 9.79 Å². The Morgan fingerprint density at radius 3 is 2.30 bits per heavy atom. The van der Waals surface area contributed by atoms with Crippen LogP contribution in [0.25, 0.3) is 0 Å². The number of carbonyl (C=O) groups excluding carboxylic acids is 1. The molecule has 1 aliphatic heterocycles. The van der Waals surface area contributed by atoms with Gasteiger partial charge in [-0.1, -0.05) is 24.3 Å². The zero-order valence-electron chi connectivity index (χ0n) is 12.7. The van der Waals surface area contributed by atoms with E-state index in [0.717, 1.165) is 13.1 Å². The summed E-state index contributed by atoms with van der Waals surface area (Å²) in [5.41, 5.74) is 6.88. The van der Waals surface area contributed by atoms with Crippen LogP contribution in [0.1, 0.15) is 10.4 Å². The molecule has 0 spiro atoms. The van der Waals surface area contributed by atoms with Gasteiger partial charge >= 0.3 is 0 Å². The van der Waals surface area contributed by atoms with Crippen molar-refractivity contribution in [3.63, 3.8) is 0 Å². The predicted molar refractivity (Wildman–Crippen MR) is 90.7 cm³/mol. The fourth-order valence-electron chi connectivity index (χ4n) is 2.61. The first-order chi connectivity index (χ1) is 11.2. The van der Waals surface area contributed by atoms with Crippen LogP contribution in [-0.4, -0.2) is 41.2 Å². The van der Waals surface area contributed by atoms with Gasteiger partial charge in [0.1, 0.15) is 0 Å². The van der Waals surface area contributed by atoms with Crippen LogP contribution in [0.3, 0.4) is 0 Å². The number of para-hydroxylation sites is 1. The van der Waals surface area contributed by atoms with Crippen LogP contribution in [0.2, 0.25) is 0 Å². The molecular formula is C17H19N3O2S. The van der Waals surface area contributed by atoms with Crippen molar-refractivity contribution in [1.29, 1.82) is 0 Å². The van der Waals surface area contributed by atoms with Crippen LogP contribution in [0.5, 0.6) is 0 Å². The van der Waals surface area contributed by atoms with E-state index in [9.17, 15) is 9.00 Å². The highest BCUT2D eigenvalue weighted by atomic mass is 32.2. The van der Waals surface area contributed by atoms with E-state index in [2.05, 4.69) is 5.32 Å². The molecule has 2 aromatic carbocycles. The zero-order chi connectivity index (χ0) is 16.2. The summed E-state index contributed by atoms with van der Waals surface area (Å²) in [5.74, 6) is -0.0787. The number of nitrogens with one attached hydrogen (secondary N) is 1. The summed E-state index contributed by atoms with van der Waals surface area (Å²) in [6.07, 6.45) is 0. The summed E-state index contributed by atoms with van der Waals surface area (Å²) in [7, 11) is -1.48. The number of carbonyl (C=O) groups is 1. The van der Waals surface area contributed by atoms with E-state index >= 15 is 0 Å². The first-order valence-corrected chi connectivity index (χ1v) is 8.69. The first-order valence-electron chi connectivity index (χ1n) is 7.54. The van der Waals surface area contributed by atoms with E-state index in [4.69, 9.17) is 5.73 Å². The molecule has 1 heterocycles. The van der Waals surface area contributed by atoms with Crippen LogP contribution in [0, 0.1) is 0 Å². The standard InChI is InChI=1S/C17H19N3O2S/c18-14-6-2-4-8-16(14)23(22)15-7-3-1-5-13(15)17(21)20-11-9-19-10-12-20/h1-8,19H,9-12,18H2. The Kier molecular flexibility index (Phi) is 4.73. The highest BCUT2D eigenvalue weighted by Gasteiger charge is 2.23. The van der Waals surface area contributed by atoms with Crippen molar-refractivity contribution in [1.82, 2.24) is 10.2 Å². The van der Waals surface area contributed by atoms with Gasteiger partial charge in [0.05, 0.1) is 26.2 Å². The molecule has 1 atom stereocenters. The van der Waals surface area contributed by atoms with E-state index in [0.29, 0.717) is 34.1 Å². The molecule has 0 bridgehead atoms. The third-order valence-corrected chi connectivity index (χ3v) is 5.37. The Morgan fingerprint density at radius 1 is 1.00 bits per heavy atom. The molecule has 3 N–H and O–H groups in total. The van der Waals surface area contributed by atoms with Gasteiger partial charge in [-0.2, -0.15) is 0 Å². The lowest BCUT2D eigenvalue weighted by Crippen LogP contribution is -2.46. The van der Waals surface area contributed by atoms with Gasteiger partial charge in [0.25, 0.3) is 5.91 Å². The maximum atomic E-state index is 12.9. The van der Waals surface area contributed by atoms with E-state index < -0.39 is 10.8 Å². The SMILES string of the molecule is Nc1ccccc1S(=O)c1ccccc1C(=O)N1CCNCC1. The summed E-state index contributed by atoms with van der Waals surface area (Å²) < 4.78 is 12.9. The van der Waals surface area contributed by atoms with Gasteiger partial charge in [-0.05, 0) is 24.3 Å². The Hall–Kier alpha value is -2.18. The van der Waals surface area contributed by atoms with E-state index in [-0.39, 0.29) is 5.91 Å². The molecule has 1 unspecified atom stereocenters. The molecular weight excluding hydrogens is 310 g/mol. The molecule has 3 rings (SSSR count). The van der Waals surface area contributed by atoms with Gasteiger partial charge < -0.3 is 16.0 Å². The minimum absolute atomic E-state index is 0.0787. The van der Waals surface area contributed by atoms with Crippen LogP contribution in [-0.2, 0) is 10.8 Å². The van der Waals surface area contributed by atoms with Crippen molar-refractivity contribution >= 4 is 22.4 Å². The topological polar surface area (TPSA) is 75.4 Å². The van der Waals surface area contributed by atoms with Crippen molar-refractivity contribution in [3.8, 4) is 0 Å². The Labute approximate surface area is 137 Å². The number of hydrogen-bond donors (Lipinski definition) is 2. The second-order valence-electron chi connectivity index (χ2n) is 5.34. The monoisotopic (exact) mass is 329 g/mol. The van der Waals surface area contributed by atoms with Gasteiger partial charge in [-0.15, -0.1) is 0 Å². The fourth-order valence-corrected chi connectivity index (χ4v) is 3.89. The number of piperazine rings is 1. The molecule has 0 radical (unpaired) electrons. The molecule has 0 aromatic heterocycles. The third kappa shape index (κ3) is 3.28. The average molecular weight is 329 g/mol. The fraction of sp³-hybridized carbons (Fsp3) is 0.235. The number of benzene rings is 2. The largest absolute Gasteiger partial charge is 0.398 e. The number of nitrogen functional groups attached to an aromatic ring is 1. The molecule has 6 heteroatoms. The summed E-state index contributed by atoms with van der Waals surface area (Å²) in [5, 5.41) is 3.22. The molecule has 1 saturated heterocycles. The molecule has 1 fully saturated rings. The minimum atomic E-state index is -1.48. The van der Waals surface area contributed by atoms with Crippen molar-refractivity contribution < 1.29 is 9.00 Å². The quantitative estimate of drug-likeness (QED) is 0.837. The maximum absolute atomic E-state index is 12.9. The predicted octanol–water partition coefficient (Wildman–Crippen LogP) is 1.48. The number of amides is 1. The summed E-state index contributed by atoms with van der Waals surface area (Å²) in [6.45, 7) is 2.88. The lowest BCUT2D eigenvalue weighted by Gasteiger charge is -2.28. The minimum Gasteiger partial charge on any atom is -0.398 e.